The van der Waals surface area contributed by atoms with Crippen LogP contribution in [0.25, 0.3) is 6.08 Å². The summed E-state index contributed by atoms with van der Waals surface area (Å²) in [5, 5.41) is 19.8. The monoisotopic (exact) mass is 404 g/mol. The number of ether oxygens (including phenoxy) is 3. The van der Waals surface area contributed by atoms with Crippen molar-refractivity contribution in [2.75, 3.05) is 14.2 Å². The second-order valence-electron chi connectivity index (χ2n) is 6.81. The van der Waals surface area contributed by atoms with Crippen LogP contribution in [-0.4, -0.2) is 30.2 Å². The Balaban J connectivity index is 1.85. The third-order valence-corrected chi connectivity index (χ3v) is 4.94. The van der Waals surface area contributed by atoms with E-state index in [4.69, 9.17) is 14.2 Å². The van der Waals surface area contributed by atoms with E-state index in [9.17, 15) is 15.0 Å². The number of ketones is 1. The molecular formula is C24H20O6. The highest BCUT2D eigenvalue weighted by molar-refractivity contribution is 6.14. The molecule has 0 spiro atoms. The summed E-state index contributed by atoms with van der Waals surface area (Å²) in [6, 6.07) is 16.5. The summed E-state index contributed by atoms with van der Waals surface area (Å²) in [5.74, 6) is 1.10. The van der Waals surface area contributed by atoms with Crippen LogP contribution in [0.2, 0.25) is 0 Å². The standard InChI is InChI=1S/C24H20O6/c1-28-17-7-3-14(4-8-17)11-19-23(27)18-13-16(25)6-10-21(18)30-24(19)15-5-9-20(26)22(12-15)29-2/h3-13,24-26H,1-2H3. The number of carbonyl (C=O) groups excluding carboxylic acids is 1. The lowest BCUT2D eigenvalue weighted by atomic mass is 9.89. The van der Waals surface area contributed by atoms with Gasteiger partial charge in [-0.1, -0.05) is 18.2 Å². The van der Waals surface area contributed by atoms with Gasteiger partial charge in [-0.2, -0.15) is 0 Å². The van der Waals surface area contributed by atoms with Gasteiger partial charge in [0.15, 0.2) is 23.4 Å². The Morgan fingerprint density at radius 2 is 1.70 bits per heavy atom. The Hall–Kier alpha value is -3.93. The van der Waals surface area contributed by atoms with Gasteiger partial charge in [0.1, 0.15) is 17.2 Å². The maximum atomic E-state index is 13.3. The first kappa shape index (κ1) is 19.4. The summed E-state index contributed by atoms with van der Waals surface area (Å²) in [4.78, 5) is 13.3. The molecule has 0 bridgehead atoms. The van der Waals surface area contributed by atoms with Crippen molar-refractivity contribution in [1.82, 2.24) is 0 Å². The van der Waals surface area contributed by atoms with Crippen molar-refractivity contribution in [3.63, 3.8) is 0 Å². The van der Waals surface area contributed by atoms with Gasteiger partial charge >= 0.3 is 0 Å². The molecule has 152 valence electrons. The molecule has 1 atom stereocenters. The van der Waals surface area contributed by atoms with Crippen LogP contribution in [0.15, 0.2) is 66.2 Å². The molecule has 6 heteroatoms. The highest BCUT2D eigenvalue weighted by atomic mass is 16.5. The van der Waals surface area contributed by atoms with Crippen molar-refractivity contribution >= 4 is 11.9 Å². The Bertz CT molecular complexity index is 1130. The largest absolute Gasteiger partial charge is 0.508 e. The van der Waals surface area contributed by atoms with Gasteiger partial charge in [0.2, 0.25) is 0 Å². The lowest BCUT2D eigenvalue weighted by Crippen LogP contribution is -2.23. The number of carbonyl (C=O) groups is 1. The fourth-order valence-corrected chi connectivity index (χ4v) is 3.39. The number of phenols is 2. The summed E-state index contributed by atoms with van der Waals surface area (Å²) in [6.45, 7) is 0. The van der Waals surface area contributed by atoms with Crippen molar-refractivity contribution in [3.05, 3.63) is 82.9 Å². The molecule has 6 nitrogen and oxygen atoms in total. The fourth-order valence-electron chi connectivity index (χ4n) is 3.39. The molecule has 1 unspecified atom stereocenters. The van der Waals surface area contributed by atoms with Crippen molar-refractivity contribution in [1.29, 1.82) is 0 Å². The van der Waals surface area contributed by atoms with Crippen LogP contribution in [0.3, 0.4) is 0 Å². The van der Waals surface area contributed by atoms with E-state index in [1.807, 2.05) is 12.1 Å². The molecule has 1 aliphatic heterocycles. The second kappa shape index (κ2) is 7.83. The third-order valence-electron chi connectivity index (χ3n) is 4.94. The summed E-state index contributed by atoms with van der Waals surface area (Å²) < 4.78 is 16.6. The first-order valence-corrected chi connectivity index (χ1v) is 9.27. The summed E-state index contributed by atoms with van der Waals surface area (Å²) in [6.07, 6.45) is 1.03. The van der Waals surface area contributed by atoms with Gasteiger partial charge in [-0.3, -0.25) is 4.79 Å². The lowest BCUT2D eigenvalue weighted by Gasteiger charge is -2.28. The van der Waals surface area contributed by atoms with Crippen LogP contribution in [-0.2, 0) is 0 Å². The van der Waals surface area contributed by atoms with Crippen molar-refractivity contribution in [2.45, 2.75) is 6.10 Å². The maximum Gasteiger partial charge on any atom is 0.196 e. The topological polar surface area (TPSA) is 85.2 Å². The number of fused-ring (bicyclic) bond motifs is 1. The molecule has 1 heterocycles. The highest BCUT2D eigenvalue weighted by Crippen LogP contribution is 2.42. The van der Waals surface area contributed by atoms with E-state index in [1.54, 1.807) is 43.5 Å². The number of benzene rings is 3. The normalized spacial score (nSPS) is 16.7. The average Bonchev–Trinajstić information content (AvgIpc) is 2.77. The van der Waals surface area contributed by atoms with Crippen LogP contribution in [0, 0.1) is 0 Å². The molecular weight excluding hydrogens is 384 g/mol. The van der Waals surface area contributed by atoms with Crippen LogP contribution < -0.4 is 14.2 Å². The van der Waals surface area contributed by atoms with E-state index >= 15 is 0 Å². The van der Waals surface area contributed by atoms with Gasteiger partial charge in [0.25, 0.3) is 0 Å². The van der Waals surface area contributed by atoms with Crippen molar-refractivity contribution < 1.29 is 29.2 Å². The molecule has 0 radical (unpaired) electrons. The summed E-state index contributed by atoms with van der Waals surface area (Å²) in [7, 11) is 3.04. The highest BCUT2D eigenvalue weighted by Gasteiger charge is 2.33. The van der Waals surface area contributed by atoms with E-state index in [0.29, 0.717) is 22.6 Å². The number of hydrogen-bond donors (Lipinski definition) is 2. The Morgan fingerprint density at radius 1 is 0.933 bits per heavy atom. The maximum absolute atomic E-state index is 13.3. The zero-order chi connectivity index (χ0) is 21.3. The zero-order valence-corrected chi connectivity index (χ0v) is 16.5. The van der Waals surface area contributed by atoms with Gasteiger partial charge in [-0.05, 0) is 54.1 Å². The van der Waals surface area contributed by atoms with Gasteiger partial charge < -0.3 is 24.4 Å². The van der Waals surface area contributed by atoms with Crippen molar-refractivity contribution in [2.24, 2.45) is 0 Å². The average molecular weight is 404 g/mol. The van der Waals surface area contributed by atoms with E-state index < -0.39 is 6.10 Å². The number of rotatable bonds is 4. The van der Waals surface area contributed by atoms with Gasteiger partial charge in [-0.15, -0.1) is 0 Å². The number of aromatic hydroxyl groups is 2. The summed E-state index contributed by atoms with van der Waals surface area (Å²) in [5.41, 5.74) is 2.13. The zero-order valence-electron chi connectivity index (χ0n) is 16.5. The van der Waals surface area contributed by atoms with Gasteiger partial charge in [0, 0.05) is 11.1 Å². The van der Waals surface area contributed by atoms with Gasteiger partial charge in [0.05, 0.1) is 19.8 Å². The number of hydrogen-bond acceptors (Lipinski definition) is 6. The van der Waals surface area contributed by atoms with E-state index in [0.717, 1.165) is 5.56 Å². The molecule has 1 aliphatic rings. The lowest BCUT2D eigenvalue weighted by molar-refractivity contribution is 0.0962. The second-order valence-corrected chi connectivity index (χ2v) is 6.81. The first-order valence-electron chi connectivity index (χ1n) is 9.27. The van der Waals surface area contributed by atoms with Crippen LogP contribution in [0.5, 0.6) is 28.7 Å². The molecule has 0 fully saturated rings. The van der Waals surface area contributed by atoms with E-state index in [1.165, 1.54) is 25.3 Å². The minimum atomic E-state index is -0.717. The van der Waals surface area contributed by atoms with Crippen LogP contribution >= 0.6 is 0 Å². The van der Waals surface area contributed by atoms with E-state index in [-0.39, 0.29) is 28.6 Å². The SMILES string of the molecule is COc1ccc(C=C2C(=O)c3cc(O)ccc3OC2c2ccc(O)c(OC)c2)cc1. The predicted octanol–water partition coefficient (Wildman–Crippen LogP) is 4.52. The molecule has 3 aromatic carbocycles. The molecule has 0 saturated heterocycles. The quantitative estimate of drug-likeness (QED) is 0.622. The minimum absolute atomic E-state index is 0.00519. The summed E-state index contributed by atoms with van der Waals surface area (Å²) >= 11 is 0. The Labute approximate surface area is 173 Å². The Kier molecular flexibility index (Phi) is 5.06. The van der Waals surface area contributed by atoms with E-state index in [2.05, 4.69) is 0 Å². The number of Topliss-reactive ketones (excluding diaryl/α,β-unsaturated/α-hetero) is 1. The molecule has 0 aliphatic carbocycles. The number of phenolic OH excluding ortho intramolecular Hbond substituents is 2. The molecule has 4 rings (SSSR count). The first-order chi connectivity index (χ1) is 14.5. The molecule has 0 amide bonds. The number of methoxy groups -OCH3 is 2. The fraction of sp³-hybridized carbons (Fsp3) is 0.125. The van der Waals surface area contributed by atoms with Crippen molar-refractivity contribution in [3.8, 4) is 28.7 Å². The minimum Gasteiger partial charge on any atom is -0.508 e. The molecule has 0 saturated carbocycles. The van der Waals surface area contributed by atoms with Crippen LogP contribution in [0.4, 0.5) is 0 Å². The third kappa shape index (κ3) is 3.55. The molecule has 30 heavy (non-hydrogen) atoms. The smallest absolute Gasteiger partial charge is 0.196 e. The predicted molar refractivity (Wildman–Crippen MR) is 111 cm³/mol. The molecule has 2 N–H and O–H groups in total. The van der Waals surface area contributed by atoms with Crippen LogP contribution in [0.1, 0.15) is 27.6 Å². The molecule has 0 aromatic heterocycles. The van der Waals surface area contributed by atoms with Gasteiger partial charge in [-0.25, -0.2) is 0 Å². The Morgan fingerprint density at radius 3 is 2.40 bits per heavy atom. The molecule has 3 aromatic rings.